The Morgan fingerprint density at radius 3 is 2.66 bits per heavy atom. The van der Waals surface area contributed by atoms with E-state index >= 15 is 0 Å². The van der Waals surface area contributed by atoms with Crippen molar-refractivity contribution in [3.8, 4) is 5.75 Å². The van der Waals surface area contributed by atoms with Crippen LogP contribution in [0.2, 0.25) is 0 Å². The Hall–Kier alpha value is -2.96. The van der Waals surface area contributed by atoms with Crippen molar-refractivity contribution in [2.75, 3.05) is 33.8 Å². The van der Waals surface area contributed by atoms with Crippen LogP contribution in [-0.4, -0.2) is 67.6 Å². The summed E-state index contributed by atoms with van der Waals surface area (Å²) in [6.45, 7) is 8.01. The summed E-state index contributed by atoms with van der Waals surface area (Å²) in [7, 11) is 3.68. The average molecular weight is 477 g/mol. The maximum absolute atomic E-state index is 13.4. The molecule has 4 rings (SSSR count). The number of nitrogens with zero attached hydrogens (tertiary/aromatic N) is 2. The van der Waals surface area contributed by atoms with E-state index in [0.29, 0.717) is 11.3 Å². The normalized spacial score (nSPS) is 26.4. The lowest BCUT2D eigenvalue weighted by atomic mass is 9.56. The highest BCUT2D eigenvalue weighted by atomic mass is 16.5. The topological polar surface area (TPSA) is 59.1 Å². The van der Waals surface area contributed by atoms with Crippen LogP contribution in [-0.2, 0) is 14.9 Å². The maximum atomic E-state index is 13.4. The molecule has 0 aromatic heterocycles. The number of likely N-dealkylation sites (tertiary alicyclic amines) is 1. The number of esters is 1. The van der Waals surface area contributed by atoms with Crippen LogP contribution in [0.3, 0.4) is 0 Å². The van der Waals surface area contributed by atoms with Gasteiger partial charge in [0.25, 0.3) is 5.91 Å². The van der Waals surface area contributed by atoms with Crippen molar-refractivity contribution in [2.45, 2.75) is 43.7 Å². The summed E-state index contributed by atoms with van der Waals surface area (Å²) < 4.78 is 11.6. The van der Waals surface area contributed by atoms with Crippen molar-refractivity contribution in [1.29, 1.82) is 0 Å². The van der Waals surface area contributed by atoms with Crippen LogP contribution in [0, 0.1) is 5.92 Å². The molecule has 0 spiro atoms. The number of amides is 1. The summed E-state index contributed by atoms with van der Waals surface area (Å²) in [6, 6.07) is 17.4. The van der Waals surface area contributed by atoms with E-state index in [2.05, 4.69) is 17.5 Å². The Balaban J connectivity index is 1.72. The standard InChI is InChI=1S/C29H36N2O4/c1-5-15-31-16-14-29(23-12-9-13-25(17-23)35-21(2)32)19-24(18-27(34-4)26(29)20-31)30(3)28(33)22-10-7-6-8-11-22/h5-13,17,24,26-27H,1,14-16,18-20H2,2-4H3. The number of fused-ring (bicyclic) bond motifs is 1. The van der Waals surface area contributed by atoms with E-state index in [1.54, 1.807) is 7.11 Å². The van der Waals surface area contributed by atoms with Gasteiger partial charge in [-0.05, 0) is 55.6 Å². The average Bonchev–Trinajstić information content (AvgIpc) is 2.87. The molecule has 0 radical (unpaired) electrons. The Labute approximate surface area is 208 Å². The van der Waals surface area contributed by atoms with E-state index in [0.717, 1.165) is 44.5 Å². The quantitative estimate of drug-likeness (QED) is 0.339. The van der Waals surface area contributed by atoms with E-state index < -0.39 is 0 Å². The van der Waals surface area contributed by atoms with Gasteiger partial charge < -0.3 is 14.4 Å². The van der Waals surface area contributed by atoms with Gasteiger partial charge in [-0.2, -0.15) is 0 Å². The third kappa shape index (κ3) is 5.19. The van der Waals surface area contributed by atoms with Gasteiger partial charge in [0.2, 0.25) is 0 Å². The number of piperidine rings is 1. The first kappa shape index (κ1) is 25.1. The number of methoxy groups -OCH3 is 1. The molecule has 4 atom stereocenters. The fraction of sp³-hybridized carbons (Fsp3) is 0.448. The molecule has 1 amide bonds. The van der Waals surface area contributed by atoms with Crippen LogP contribution < -0.4 is 4.74 Å². The lowest BCUT2D eigenvalue weighted by molar-refractivity contribution is -0.131. The largest absolute Gasteiger partial charge is 0.427 e. The molecular formula is C29H36N2O4. The number of rotatable bonds is 7. The van der Waals surface area contributed by atoms with Gasteiger partial charge in [0, 0.05) is 57.1 Å². The van der Waals surface area contributed by atoms with E-state index in [-0.39, 0.29) is 35.4 Å². The number of benzene rings is 2. The molecular weight excluding hydrogens is 440 g/mol. The van der Waals surface area contributed by atoms with E-state index in [9.17, 15) is 9.59 Å². The summed E-state index contributed by atoms with van der Waals surface area (Å²) in [6.07, 6.45) is 4.49. The summed E-state index contributed by atoms with van der Waals surface area (Å²) in [5, 5.41) is 0. The zero-order valence-corrected chi connectivity index (χ0v) is 21.0. The van der Waals surface area contributed by atoms with Gasteiger partial charge in [0.15, 0.2) is 0 Å². The first-order chi connectivity index (χ1) is 16.9. The molecule has 1 aliphatic carbocycles. The minimum Gasteiger partial charge on any atom is -0.427 e. The van der Waals surface area contributed by atoms with Crippen LogP contribution in [0.4, 0.5) is 0 Å². The maximum Gasteiger partial charge on any atom is 0.308 e. The van der Waals surface area contributed by atoms with Crippen molar-refractivity contribution in [1.82, 2.24) is 9.80 Å². The summed E-state index contributed by atoms with van der Waals surface area (Å²) >= 11 is 0. The molecule has 2 aliphatic rings. The van der Waals surface area contributed by atoms with Crippen molar-refractivity contribution < 1.29 is 19.1 Å². The molecule has 2 aromatic rings. The second kappa shape index (κ2) is 10.8. The van der Waals surface area contributed by atoms with Crippen molar-refractivity contribution in [3.05, 3.63) is 78.4 Å². The molecule has 2 aromatic carbocycles. The lowest BCUT2D eigenvalue weighted by Gasteiger charge is -2.56. The van der Waals surface area contributed by atoms with Crippen molar-refractivity contribution in [2.24, 2.45) is 5.92 Å². The Kier molecular flexibility index (Phi) is 7.72. The predicted molar refractivity (Wildman–Crippen MR) is 137 cm³/mol. The fourth-order valence-electron chi connectivity index (χ4n) is 6.12. The Bertz CT molecular complexity index is 1060. The molecule has 1 saturated heterocycles. The van der Waals surface area contributed by atoms with Crippen molar-refractivity contribution >= 4 is 11.9 Å². The molecule has 186 valence electrons. The molecule has 1 heterocycles. The zero-order valence-electron chi connectivity index (χ0n) is 21.0. The molecule has 2 fully saturated rings. The fourth-order valence-corrected chi connectivity index (χ4v) is 6.12. The summed E-state index contributed by atoms with van der Waals surface area (Å²) in [4.78, 5) is 29.3. The zero-order chi connectivity index (χ0) is 25.0. The van der Waals surface area contributed by atoms with Crippen LogP contribution in [0.5, 0.6) is 5.75 Å². The first-order valence-electron chi connectivity index (χ1n) is 12.3. The van der Waals surface area contributed by atoms with E-state index in [1.165, 1.54) is 6.92 Å². The molecule has 35 heavy (non-hydrogen) atoms. The highest BCUT2D eigenvalue weighted by molar-refractivity contribution is 5.94. The number of carbonyl (C=O) groups excluding carboxylic acids is 2. The number of hydrogen-bond acceptors (Lipinski definition) is 5. The van der Waals surface area contributed by atoms with Gasteiger partial charge in [-0.1, -0.05) is 36.4 Å². The van der Waals surface area contributed by atoms with Crippen LogP contribution in [0.1, 0.15) is 42.1 Å². The molecule has 1 aliphatic heterocycles. The second-order valence-corrected chi connectivity index (χ2v) is 9.83. The molecule has 4 unspecified atom stereocenters. The third-order valence-electron chi connectivity index (χ3n) is 7.84. The molecule has 6 heteroatoms. The highest BCUT2D eigenvalue weighted by Gasteiger charge is 2.53. The SMILES string of the molecule is C=CCN1CCC2(c3cccc(OC(C)=O)c3)CC(N(C)C(=O)c3ccccc3)CC(OC)C2C1. The minimum atomic E-state index is -0.332. The molecule has 1 saturated carbocycles. The molecule has 0 bridgehead atoms. The van der Waals surface area contributed by atoms with Gasteiger partial charge >= 0.3 is 5.97 Å². The number of ether oxygens (including phenoxy) is 2. The van der Waals surface area contributed by atoms with Gasteiger partial charge in [-0.15, -0.1) is 6.58 Å². The molecule has 0 N–H and O–H groups in total. The van der Waals surface area contributed by atoms with Crippen LogP contribution in [0.15, 0.2) is 67.3 Å². The Morgan fingerprint density at radius 1 is 1.20 bits per heavy atom. The van der Waals surface area contributed by atoms with Crippen LogP contribution in [0.25, 0.3) is 0 Å². The van der Waals surface area contributed by atoms with E-state index in [4.69, 9.17) is 9.47 Å². The number of hydrogen-bond donors (Lipinski definition) is 0. The Morgan fingerprint density at radius 2 is 1.97 bits per heavy atom. The number of carbonyl (C=O) groups is 2. The van der Waals surface area contributed by atoms with Crippen LogP contribution >= 0.6 is 0 Å². The predicted octanol–water partition coefficient (Wildman–Crippen LogP) is 4.31. The van der Waals surface area contributed by atoms with E-state index in [1.807, 2.05) is 66.6 Å². The lowest BCUT2D eigenvalue weighted by Crippen LogP contribution is -2.61. The molecule has 6 nitrogen and oxygen atoms in total. The van der Waals surface area contributed by atoms with Gasteiger partial charge in [-0.25, -0.2) is 0 Å². The van der Waals surface area contributed by atoms with Gasteiger partial charge in [0.1, 0.15) is 5.75 Å². The van der Waals surface area contributed by atoms with Gasteiger partial charge in [-0.3, -0.25) is 14.5 Å². The van der Waals surface area contributed by atoms with Gasteiger partial charge in [0.05, 0.1) is 6.10 Å². The highest BCUT2D eigenvalue weighted by Crippen LogP contribution is 2.51. The van der Waals surface area contributed by atoms with Crippen molar-refractivity contribution in [3.63, 3.8) is 0 Å². The third-order valence-corrected chi connectivity index (χ3v) is 7.84. The smallest absolute Gasteiger partial charge is 0.308 e. The second-order valence-electron chi connectivity index (χ2n) is 9.83. The monoisotopic (exact) mass is 476 g/mol. The minimum absolute atomic E-state index is 0.00947. The summed E-state index contributed by atoms with van der Waals surface area (Å²) in [5.41, 5.74) is 1.63. The first-order valence-corrected chi connectivity index (χ1v) is 12.3. The summed E-state index contributed by atoms with van der Waals surface area (Å²) in [5.74, 6) is 0.491.